The maximum atomic E-state index is 6.21. The van der Waals surface area contributed by atoms with Crippen molar-refractivity contribution in [3.8, 4) is 22.6 Å². The van der Waals surface area contributed by atoms with E-state index >= 15 is 0 Å². The molecule has 4 aromatic carbocycles. The molecule has 126 valence electrons. The third-order valence-electron chi connectivity index (χ3n) is 5.47. The van der Waals surface area contributed by atoms with E-state index < -0.39 is 0 Å². The number of hydrogen-bond donors (Lipinski definition) is 0. The average molecular weight is 344 g/mol. The van der Waals surface area contributed by atoms with E-state index in [1.54, 1.807) is 0 Å². The zero-order valence-corrected chi connectivity index (χ0v) is 14.6. The molecule has 0 radical (unpaired) electrons. The number of fused-ring (bicyclic) bond motifs is 5. The number of hydrogen-bond acceptors (Lipinski definition) is 1. The molecule has 0 N–H and O–H groups in total. The third kappa shape index (κ3) is 2.00. The predicted molar refractivity (Wildman–Crippen MR) is 110 cm³/mol. The Bertz CT molecular complexity index is 1150. The Morgan fingerprint density at radius 1 is 0.333 bits per heavy atom. The SMILES string of the molecule is c1ccc2c(c1)Oc1ccccc1C2=C1c2ccccc2-c2ccccc21. The van der Waals surface area contributed by atoms with Crippen molar-refractivity contribution in [2.45, 2.75) is 0 Å². The molecule has 0 aromatic heterocycles. The van der Waals surface area contributed by atoms with Gasteiger partial charge >= 0.3 is 0 Å². The van der Waals surface area contributed by atoms with E-state index in [2.05, 4.69) is 84.9 Å². The van der Waals surface area contributed by atoms with Crippen molar-refractivity contribution in [3.05, 3.63) is 119 Å². The van der Waals surface area contributed by atoms with Crippen LogP contribution in [0.2, 0.25) is 0 Å². The van der Waals surface area contributed by atoms with Gasteiger partial charge in [-0.3, -0.25) is 0 Å². The number of rotatable bonds is 0. The first-order valence-electron chi connectivity index (χ1n) is 9.22. The average Bonchev–Trinajstić information content (AvgIpc) is 3.06. The zero-order chi connectivity index (χ0) is 17.8. The smallest absolute Gasteiger partial charge is 0.135 e. The van der Waals surface area contributed by atoms with Crippen LogP contribution in [-0.4, -0.2) is 0 Å². The van der Waals surface area contributed by atoms with Gasteiger partial charge in [-0.15, -0.1) is 0 Å². The second kappa shape index (κ2) is 5.46. The molecule has 2 aliphatic rings. The molecule has 1 heteroatoms. The highest BCUT2D eigenvalue weighted by atomic mass is 16.5. The summed E-state index contributed by atoms with van der Waals surface area (Å²) in [5.41, 5.74) is 10.0. The lowest BCUT2D eigenvalue weighted by Crippen LogP contribution is -2.04. The normalized spacial score (nSPS) is 13.3. The highest BCUT2D eigenvalue weighted by molar-refractivity contribution is 6.15. The van der Waals surface area contributed by atoms with Gasteiger partial charge in [-0.05, 0) is 40.0 Å². The molecule has 0 amide bonds. The first kappa shape index (κ1) is 14.6. The fourth-order valence-electron chi connectivity index (χ4n) is 4.34. The second-order valence-electron chi connectivity index (χ2n) is 6.94. The van der Waals surface area contributed by atoms with E-state index in [1.807, 2.05) is 12.1 Å². The second-order valence-corrected chi connectivity index (χ2v) is 6.94. The van der Waals surface area contributed by atoms with E-state index in [9.17, 15) is 0 Å². The Balaban J connectivity index is 1.81. The highest BCUT2D eigenvalue weighted by Gasteiger charge is 2.30. The molecule has 0 saturated heterocycles. The van der Waals surface area contributed by atoms with Gasteiger partial charge in [0.25, 0.3) is 0 Å². The molecule has 6 rings (SSSR count). The van der Waals surface area contributed by atoms with E-state index in [4.69, 9.17) is 4.74 Å². The van der Waals surface area contributed by atoms with Crippen molar-refractivity contribution in [1.82, 2.24) is 0 Å². The molecule has 1 heterocycles. The molecular formula is C26H16O. The summed E-state index contributed by atoms with van der Waals surface area (Å²) in [4.78, 5) is 0. The van der Waals surface area contributed by atoms with Crippen molar-refractivity contribution in [1.29, 1.82) is 0 Å². The van der Waals surface area contributed by atoms with Gasteiger partial charge < -0.3 is 4.74 Å². The highest BCUT2D eigenvalue weighted by Crippen LogP contribution is 2.53. The van der Waals surface area contributed by atoms with Crippen LogP contribution in [0.15, 0.2) is 97.1 Å². The van der Waals surface area contributed by atoms with Gasteiger partial charge in [0, 0.05) is 16.7 Å². The quantitative estimate of drug-likeness (QED) is 0.295. The lowest BCUT2D eigenvalue weighted by atomic mass is 9.86. The molecule has 1 aliphatic heterocycles. The van der Waals surface area contributed by atoms with Crippen LogP contribution in [-0.2, 0) is 0 Å². The fraction of sp³-hybridized carbons (Fsp3) is 0. The summed E-state index contributed by atoms with van der Waals surface area (Å²) in [6.45, 7) is 0. The van der Waals surface area contributed by atoms with Gasteiger partial charge in [0.2, 0.25) is 0 Å². The summed E-state index contributed by atoms with van der Waals surface area (Å²) >= 11 is 0. The van der Waals surface area contributed by atoms with E-state index in [1.165, 1.54) is 33.4 Å². The molecule has 0 fully saturated rings. The van der Waals surface area contributed by atoms with Crippen LogP contribution in [0.3, 0.4) is 0 Å². The molecule has 0 bridgehead atoms. The summed E-state index contributed by atoms with van der Waals surface area (Å²) in [5, 5.41) is 0. The first-order chi connectivity index (χ1) is 13.4. The molecule has 1 nitrogen and oxygen atoms in total. The molecular weight excluding hydrogens is 328 g/mol. The summed E-state index contributed by atoms with van der Waals surface area (Å²) in [6, 6.07) is 34.1. The van der Waals surface area contributed by atoms with Gasteiger partial charge in [0.1, 0.15) is 11.5 Å². The Labute approximate surface area is 158 Å². The molecule has 27 heavy (non-hydrogen) atoms. The van der Waals surface area contributed by atoms with E-state index in [-0.39, 0.29) is 0 Å². The summed E-state index contributed by atoms with van der Waals surface area (Å²) in [7, 11) is 0. The lowest BCUT2D eigenvalue weighted by Gasteiger charge is -2.25. The minimum absolute atomic E-state index is 0.917. The number of para-hydroxylation sites is 2. The molecule has 4 aromatic rings. The summed E-state index contributed by atoms with van der Waals surface area (Å²) < 4.78 is 6.21. The summed E-state index contributed by atoms with van der Waals surface area (Å²) in [6.07, 6.45) is 0. The van der Waals surface area contributed by atoms with Crippen molar-refractivity contribution >= 4 is 11.1 Å². The minimum atomic E-state index is 0.917. The standard InChI is InChI=1S/C26H16O/c1-3-11-19-17(9-1)18-10-2-4-12-20(18)25(19)26-21-13-5-7-15-23(21)27-24-16-8-6-14-22(24)26/h1-16H. The molecule has 0 spiro atoms. The maximum absolute atomic E-state index is 6.21. The van der Waals surface area contributed by atoms with E-state index in [0.29, 0.717) is 0 Å². The Morgan fingerprint density at radius 2 is 0.667 bits per heavy atom. The number of ether oxygens (including phenoxy) is 1. The Hall–Kier alpha value is -3.58. The van der Waals surface area contributed by atoms with Crippen LogP contribution in [0.5, 0.6) is 11.5 Å². The van der Waals surface area contributed by atoms with Crippen LogP contribution in [0.4, 0.5) is 0 Å². The van der Waals surface area contributed by atoms with Crippen LogP contribution < -0.4 is 4.74 Å². The first-order valence-corrected chi connectivity index (χ1v) is 9.22. The van der Waals surface area contributed by atoms with Crippen LogP contribution in [0, 0.1) is 0 Å². The fourth-order valence-corrected chi connectivity index (χ4v) is 4.34. The van der Waals surface area contributed by atoms with Crippen molar-refractivity contribution in [2.24, 2.45) is 0 Å². The minimum Gasteiger partial charge on any atom is -0.456 e. The Morgan fingerprint density at radius 3 is 1.15 bits per heavy atom. The van der Waals surface area contributed by atoms with Crippen molar-refractivity contribution < 1.29 is 4.74 Å². The summed E-state index contributed by atoms with van der Waals surface area (Å²) in [5.74, 6) is 1.83. The Kier molecular flexibility index (Phi) is 2.95. The van der Waals surface area contributed by atoms with Crippen molar-refractivity contribution in [3.63, 3.8) is 0 Å². The van der Waals surface area contributed by atoms with Gasteiger partial charge in [-0.1, -0.05) is 84.9 Å². The van der Waals surface area contributed by atoms with Crippen LogP contribution in [0.25, 0.3) is 22.3 Å². The zero-order valence-electron chi connectivity index (χ0n) is 14.6. The molecule has 0 saturated carbocycles. The van der Waals surface area contributed by atoms with Crippen LogP contribution in [0.1, 0.15) is 22.3 Å². The van der Waals surface area contributed by atoms with Gasteiger partial charge in [-0.25, -0.2) is 0 Å². The topological polar surface area (TPSA) is 9.23 Å². The monoisotopic (exact) mass is 344 g/mol. The van der Waals surface area contributed by atoms with Gasteiger partial charge in [0.15, 0.2) is 0 Å². The van der Waals surface area contributed by atoms with Gasteiger partial charge in [0.05, 0.1) is 0 Å². The van der Waals surface area contributed by atoms with E-state index in [0.717, 1.165) is 22.6 Å². The molecule has 0 unspecified atom stereocenters. The molecule has 0 atom stereocenters. The predicted octanol–water partition coefficient (Wildman–Crippen LogP) is 6.78. The van der Waals surface area contributed by atoms with Crippen LogP contribution >= 0.6 is 0 Å². The van der Waals surface area contributed by atoms with Crippen molar-refractivity contribution in [2.75, 3.05) is 0 Å². The lowest BCUT2D eigenvalue weighted by molar-refractivity contribution is 0.474. The number of benzene rings is 4. The van der Waals surface area contributed by atoms with Gasteiger partial charge in [-0.2, -0.15) is 0 Å². The third-order valence-corrected chi connectivity index (χ3v) is 5.47. The largest absolute Gasteiger partial charge is 0.456 e. The molecule has 1 aliphatic carbocycles. The maximum Gasteiger partial charge on any atom is 0.135 e.